The molecular weight excluding hydrogens is 278 g/mol. The number of anilines is 2. The summed E-state index contributed by atoms with van der Waals surface area (Å²) in [6.07, 6.45) is 1.94. The largest absolute Gasteiger partial charge is 0.444 e. The molecule has 1 aliphatic rings. The molecule has 122 valence electrons. The predicted octanol–water partition coefficient (Wildman–Crippen LogP) is 3.33. The highest BCUT2D eigenvalue weighted by Crippen LogP contribution is 2.20. The molecule has 1 saturated heterocycles. The van der Waals surface area contributed by atoms with Gasteiger partial charge in [-0.05, 0) is 63.8 Å². The summed E-state index contributed by atoms with van der Waals surface area (Å²) < 4.78 is 5.45. The minimum absolute atomic E-state index is 0.204. The lowest BCUT2D eigenvalue weighted by molar-refractivity contribution is 0.0172. The molecule has 22 heavy (non-hydrogen) atoms. The number of rotatable bonds is 3. The molecule has 0 aliphatic carbocycles. The lowest BCUT2D eigenvalue weighted by atomic mass is 9.98. The Morgan fingerprint density at radius 1 is 1.36 bits per heavy atom. The van der Waals surface area contributed by atoms with Gasteiger partial charge in [0.15, 0.2) is 0 Å². The number of hydrogen-bond donors (Lipinski definition) is 2. The zero-order valence-electron chi connectivity index (χ0n) is 13.8. The molecule has 1 heterocycles. The number of piperidine rings is 1. The molecule has 0 unspecified atom stereocenters. The smallest absolute Gasteiger partial charge is 0.410 e. The topological polar surface area (TPSA) is 67.6 Å². The average Bonchev–Trinajstić information content (AvgIpc) is 2.45. The van der Waals surface area contributed by atoms with Crippen LogP contribution in [0.3, 0.4) is 0 Å². The number of nitrogens with one attached hydrogen (secondary N) is 1. The van der Waals surface area contributed by atoms with Crippen molar-refractivity contribution in [1.82, 2.24) is 4.90 Å². The van der Waals surface area contributed by atoms with Crippen molar-refractivity contribution >= 4 is 17.5 Å². The SMILES string of the molecule is CC(C)(C)OC(=O)N1CCC[C@H](CNc2ccc(N)cc2)C1. The summed E-state index contributed by atoms with van der Waals surface area (Å²) in [5.74, 6) is 0.443. The van der Waals surface area contributed by atoms with Crippen LogP contribution in [-0.4, -0.2) is 36.2 Å². The van der Waals surface area contributed by atoms with E-state index in [-0.39, 0.29) is 6.09 Å². The fourth-order valence-electron chi connectivity index (χ4n) is 2.59. The van der Waals surface area contributed by atoms with Gasteiger partial charge in [0.1, 0.15) is 5.60 Å². The molecule has 2 rings (SSSR count). The maximum atomic E-state index is 12.1. The van der Waals surface area contributed by atoms with Gasteiger partial charge >= 0.3 is 6.09 Å². The number of amides is 1. The molecule has 3 N–H and O–H groups in total. The fraction of sp³-hybridized carbons (Fsp3) is 0.588. The summed E-state index contributed by atoms with van der Waals surface area (Å²) in [5.41, 5.74) is 7.07. The highest BCUT2D eigenvalue weighted by Gasteiger charge is 2.27. The molecule has 0 bridgehead atoms. The van der Waals surface area contributed by atoms with Crippen LogP contribution >= 0.6 is 0 Å². The summed E-state index contributed by atoms with van der Waals surface area (Å²) >= 11 is 0. The van der Waals surface area contributed by atoms with Crippen LogP contribution in [0.2, 0.25) is 0 Å². The number of nitrogens with two attached hydrogens (primary N) is 1. The molecule has 1 atom stereocenters. The summed E-state index contributed by atoms with van der Waals surface area (Å²) in [7, 11) is 0. The molecule has 5 nitrogen and oxygen atoms in total. The molecule has 0 radical (unpaired) electrons. The van der Waals surface area contributed by atoms with E-state index in [1.807, 2.05) is 49.9 Å². The van der Waals surface area contributed by atoms with Gasteiger partial charge in [0.2, 0.25) is 0 Å². The third-order valence-corrected chi connectivity index (χ3v) is 3.68. The Balaban J connectivity index is 1.82. The van der Waals surface area contributed by atoms with Gasteiger partial charge in [-0.1, -0.05) is 0 Å². The zero-order chi connectivity index (χ0) is 16.2. The second-order valence-corrected chi connectivity index (χ2v) is 6.94. The van der Waals surface area contributed by atoms with Crippen LogP contribution in [0.4, 0.5) is 16.2 Å². The molecule has 0 saturated carbocycles. The van der Waals surface area contributed by atoms with E-state index in [4.69, 9.17) is 10.5 Å². The van der Waals surface area contributed by atoms with Crippen molar-refractivity contribution in [3.63, 3.8) is 0 Å². The van der Waals surface area contributed by atoms with Crippen LogP contribution in [0.15, 0.2) is 24.3 Å². The molecule has 1 aromatic carbocycles. The molecule has 1 fully saturated rings. The van der Waals surface area contributed by atoms with Crippen LogP contribution < -0.4 is 11.1 Å². The Labute approximate surface area is 132 Å². The number of nitrogen functional groups attached to an aromatic ring is 1. The van der Waals surface area contributed by atoms with E-state index < -0.39 is 5.60 Å². The van der Waals surface area contributed by atoms with Crippen molar-refractivity contribution in [2.24, 2.45) is 5.92 Å². The molecule has 1 aromatic rings. The Hall–Kier alpha value is -1.91. The van der Waals surface area contributed by atoms with Crippen molar-refractivity contribution < 1.29 is 9.53 Å². The molecule has 5 heteroatoms. The van der Waals surface area contributed by atoms with Crippen LogP contribution in [0, 0.1) is 5.92 Å². The molecule has 0 spiro atoms. The highest BCUT2D eigenvalue weighted by molar-refractivity contribution is 5.68. The number of carbonyl (C=O) groups is 1. The monoisotopic (exact) mass is 305 g/mol. The zero-order valence-corrected chi connectivity index (χ0v) is 13.8. The third-order valence-electron chi connectivity index (χ3n) is 3.68. The molecule has 0 aromatic heterocycles. The minimum Gasteiger partial charge on any atom is -0.444 e. The summed E-state index contributed by atoms with van der Waals surface area (Å²) in [6, 6.07) is 7.72. The lowest BCUT2D eigenvalue weighted by Crippen LogP contribution is -2.44. The first kappa shape index (κ1) is 16.5. The van der Waals surface area contributed by atoms with E-state index in [1.165, 1.54) is 0 Å². The Kier molecular flexibility index (Phi) is 5.16. The predicted molar refractivity (Wildman–Crippen MR) is 89.9 cm³/mol. The number of ether oxygens (including phenoxy) is 1. The van der Waals surface area contributed by atoms with E-state index in [9.17, 15) is 4.79 Å². The van der Waals surface area contributed by atoms with Crippen LogP contribution in [0.5, 0.6) is 0 Å². The highest BCUT2D eigenvalue weighted by atomic mass is 16.6. The average molecular weight is 305 g/mol. The standard InChI is InChI=1S/C17H27N3O2/c1-17(2,3)22-16(21)20-10-4-5-13(12-20)11-19-15-8-6-14(18)7-9-15/h6-9,13,19H,4-5,10-12,18H2,1-3H3/t13-/m1/s1. The number of nitrogens with zero attached hydrogens (tertiary/aromatic N) is 1. The number of benzene rings is 1. The van der Waals surface area contributed by atoms with Gasteiger partial charge in [-0.2, -0.15) is 0 Å². The van der Waals surface area contributed by atoms with Gasteiger partial charge in [0, 0.05) is 31.0 Å². The van der Waals surface area contributed by atoms with Crippen LogP contribution in [0.1, 0.15) is 33.6 Å². The Morgan fingerprint density at radius 2 is 2.05 bits per heavy atom. The van der Waals surface area contributed by atoms with Gasteiger partial charge in [-0.15, -0.1) is 0 Å². The minimum atomic E-state index is -0.438. The first-order valence-corrected chi connectivity index (χ1v) is 7.91. The Morgan fingerprint density at radius 3 is 2.68 bits per heavy atom. The van der Waals surface area contributed by atoms with Gasteiger partial charge in [0.25, 0.3) is 0 Å². The summed E-state index contributed by atoms with van der Waals surface area (Å²) in [6.45, 7) is 8.08. The van der Waals surface area contributed by atoms with Gasteiger partial charge in [0.05, 0.1) is 0 Å². The van der Waals surface area contributed by atoms with Crippen LogP contribution in [-0.2, 0) is 4.74 Å². The van der Waals surface area contributed by atoms with E-state index in [1.54, 1.807) is 0 Å². The second-order valence-electron chi connectivity index (χ2n) is 6.94. The number of hydrogen-bond acceptors (Lipinski definition) is 4. The van der Waals surface area contributed by atoms with Crippen molar-refractivity contribution in [2.45, 2.75) is 39.2 Å². The second kappa shape index (κ2) is 6.90. The van der Waals surface area contributed by atoms with E-state index in [0.29, 0.717) is 5.92 Å². The van der Waals surface area contributed by atoms with Crippen molar-refractivity contribution in [2.75, 3.05) is 30.7 Å². The quantitative estimate of drug-likeness (QED) is 0.841. The third kappa shape index (κ3) is 5.13. The maximum absolute atomic E-state index is 12.1. The first-order chi connectivity index (χ1) is 10.3. The lowest BCUT2D eigenvalue weighted by Gasteiger charge is -2.34. The van der Waals surface area contributed by atoms with Gasteiger partial charge in [-0.3, -0.25) is 0 Å². The Bertz CT molecular complexity index is 494. The van der Waals surface area contributed by atoms with E-state index in [0.717, 1.165) is 43.9 Å². The molecule has 1 amide bonds. The van der Waals surface area contributed by atoms with Crippen molar-refractivity contribution in [3.05, 3.63) is 24.3 Å². The van der Waals surface area contributed by atoms with Gasteiger partial charge < -0.3 is 20.7 Å². The number of likely N-dealkylation sites (tertiary alicyclic amines) is 1. The normalized spacial score (nSPS) is 18.9. The van der Waals surface area contributed by atoms with Crippen molar-refractivity contribution in [1.29, 1.82) is 0 Å². The molecular formula is C17H27N3O2. The van der Waals surface area contributed by atoms with Crippen molar-refractivity contribution in [3.8, 4) is 0 Å². The van der Waals surface area contributed by atoms with Gasteiger partial charge in [-0.25, -0.2) is 4.79 Å². The maximum Gasteiger partial charge on any atom is 0.410 e. The van der Waals surface area contributed by atoms with E-state index in [2.05, 4.69) is 5.32 Å². The molecule has 1 aliphatic heterocycles. The van der Waals surface area contributed by atoms with E-state index >= 15 is 0 Å². The summed E-state index contributed by atoms with van der Waals surface area (Å²) in [4.78, 5) is 14.0. The number of carbonyl (C=O) groups excluding carboxylic acids is 1. The first-order valence-electron chi connectivity index (χ1n) is 7.91. The fourth-order valence-corrected chi connectivity index (χ4v) is 2.59. The van der Waals surface area contributed by atoms with Crippen LogP contribution in [0.25, 0.3) is 0 Å². The summed E-state index contributed by atoms with van der Waals surface area (Å²) in [5, 5.41) is 3.41.